The summed E-state index contributed by atoms with van der Waals surface area (Å²) in [7, 11) is -6.80. The highest BCUT2D eigenvalue weighted by Gasteiger charge is 2.29. The average molecular weight is 557 g/mol. The Bertz CT molecular complexity index is 1480. The Morgan fingerprint density at radius 1 is 0.833 bits per heavy atom. The molecule has 0 amide bonds. The molecule has 0 atom stereocenters. The third-order valence-electron chi connectivity index (χ3n) is 5.69. The highest BCUT2D eigenvalue weighted by molar-refractivity contribution is 7.94. The van der Waals surface area contributed by atoms with Crippen molar-refractivity contribution in [2.45, 2.75) is 9.79 Å². The van der Waals surface area contributed by atoms with Crippen LogP contribution in [0.5, 0.6) is 0 Å². The lowest BCUT2D eigenvalue weighted by atomic mass is 10.2. The zero-order chi connectivity index (χ0) is 26.1. The van der Waals surface area contributed by atoms with E-state index in [1.54, 1.807) is 6.07 Å². The Hall–Kier alpha value is -2.93. The Morgan fingerprint density at radius 2 is 1.42 bits per heavy atom. The monoisotopic (exact) mass is 556 g/mol. The standard InChI is InChI=1S/C23H23ClF2N4O4S2/c1-28-10-12-29(13-11-28)19-8-9-23(30(24)36(33,34)21-7-3-5-18(26)15-21)22(16-19)27-35(31,32)20-6-2-4-17(25)14-20/h2-9,14-16,27H,10-13H2,1H3. The van der Waals surface area contributed by atoms with E-state index in [0.717, 1.165) is 37.4 Å². The van der Waals surface area contributed by atoms with Crippen molar-refractivity contribution in [3.05, 3.63) is 78.4 Å². The molecule has 192 valence electrons. The molecule has 0 spiro atoms. The van der Waals surface area contributed by atoms with Crippen LogP contribution < -0.4 is 13.4 Å². The first-order chi connectivity index (χ1) is 17.0. The van der Waals surface area contributed by atoms with Crippen molar-refractivity contribution in [2.75, 3.05) is 46.7 Å². The summed E-state index contributed by atoms with van der Waals surface area (Å²) in [6, 6.07) is 13.1. The van der Waals surface area contributed by atoms with E-state index in [-0.39, 0.29) is 16.3 Å². The second-order valence-electron chi connectivity index (χ2n) is 8.23. The summed E-state index contributed by atoms with van der Waals surface area (Å²) in [5, 5.41) is 0. The Morgan fingerprint density at radius 3 is 2.03 bits per heavy atom. The van der Waals surface area contributed by atoms with Gasteiger partial charge in [0, 0.05) is 43.6 Å². The fraction of sp³-hybridized carbons (Fsp3) is 0.217. The minimum atomic E-state index is -4.47. The van der Waals surface area contributed by atoms with Crippen molar-refractivity contribution < 1.29 is 25.6 Å². The SMILES string of the molecule is CN1CCN(c2ccc(N(Cl)S(=O)(=O)c3cccc(F)c3)c(NS(=O)(=O)c3cccc(F)c3)c2)CC1. The molecule has 0 saturated carbocycles. The largest absolute Gasteiger partial charge is 0.369 e. The van der Waals surface area contributed by atoms with Crippen LogP contribution in [0.15, 0.2) is 76.5 Å². The zero-order valence-corrected chi connectivity index (χ0v) is 21.5. The van der Waals surface area contributed by atoms with Gasteiger partial charge in [0.05, 0.1) is 21.2 Å². The second-order valence-corrected chi connectivity index (χ2v) is 12.2. The van der Waals surface area contributed by atoms with Crippen LogP contribution in [0.25, 0.3) is 0 Å². The van der Waals surface area contributed by atoms with Gasteiger partial charge in [0.1, 0.15) is 11.6 Å². The molecule has 1 saturated heterocycles. The van der Waals surface area contributed by atoms with Gasteiger partial charge in [-0.05, 0) is 61.6 Å². The van der Waals surface area contributed by atoms with E-state index in [1.165, 1.54) is 36.4 Å². The fourth-order valence-corrected chi connectivity index (χ4v) is 6.31. The van der Waals surface area contributed by atoms with Crippen molar-refractivity contribution >= 4 is 48.9 Å². The minimum Gasteiger partial charge on any atom is -0.369 e. The lowest BCUT2D eigenvalue weighted by molar-refractivity contribution is 0.313. The number of piperazine rings is 1. The molecule has 1 aliphatic heterocycles. The van der Waals surface area contributed by atoms with Gasteiger partial charge in [-0.15, -0.1) is 0 Å². The Kier molecular flexibility index (Phi) is 7.41. The van der Waals surface area contributed by atoms with Crippen LogP contribution in [0.4, 0.5) is 25.8 Å². The van der Waals surface area contributed by atoms with E-state index >= 15 is 0 Å². The summed E-state index contributed by atoms with van der Waals surface area (Å²) in [5.74, 6) is -1.53. The number of halogens is 3. The van der Waals surface area contributed by atoms with Crippen LogP contribution in [-0.2, 0) is 20.0 Å². The molecule has 0 aromatic heterocycles. The summed E-state index contributed by atoms with van der Waals surface area (Å²) in [6.07, 6.45) is 0. The number of nitrogens with zero attached hydrogens (tertiary/aromatic N) is 3. The van der Waals surface area contributed by atoms with Gasteiger partial charge in [0.25, 0.3) is 20.0 Å². The van der Waals surface area contributed by atoms with Gasteiger partial charge < -0.3 is 9.80 Å². The van der Waals surface area contributed by atoms with E-state index in [9.17, 15) is 25.6 Å². The molecule has 1 fully saturated rings. The van der Waals surface area contributed by atoms with Gasteiger partial charge in [0.2, 0.25) is 0 Å². The third-order valence-corrected chi connectivity index (χ3v) is 9.25. The summed E-state index contributed by atoms with van der Waals surface area (Å²) in [6.45, 7) is 2.89. The van der Waals surface area contributed by atoms with Crippen LogP contribution in [0.3, 0.4) is 0 Å². The molecule has 36 heavy (non-hydrogen) atoms. The van der Waals surface area contributed by atoms with Crippen LogP contribution in [0.2, 0.25) is 0 Å². The van der Waals surface area contributed by atoms with Gasteiger partial charge in [0.15, 0.2) is 0 Å². The predicted octanol–water partition coefficient (Wildman–Crippen LogP) is 3.87. The predicted molar refractivity (Wildman–Crippen MR) is 135 cm³/mol. The van der Waals surface area contributed by atoms with E-state index in [2.05, 4.69) is 9.62 Å². The molecular weight excluding hydrogens is 534 g/mol. The second kappa shape index (κ2) is 10.2. The molecule has 1 N–H and O–H groups in total. The summed E-state index contributed by atoms with van der Waals surface area (Å²) in [5.41, 5.74) is 0.279. The smallest absolute Gasteiger partial charge is 0.278 e. The van der Waals surface area contributed by atoms with Crippen molar-refractivity contribution in [3.63, 3.8) is 0 Å². The van der Waals surface area contributed by atoms with Crippen molar-refractivity contribution in [1.82, 2.24) is 4.90 Å². The molecule has 13 heteroatoms. The lowest BCUT2D eigenvalue weighted by Crippen LogP contribution is -2.44. The molecule has 3 aromatic carbocycles. The molecule has 3 aromatic rings. The van der Waals surface area contributed by atoms with Crippen molar-refractivity contribution in [1.29, 1.82) is 0 Å². The number of likely N-dealkylation sites (N-methyl/N-ethyl adjacent to an activating group) is 1. The quantitative estimate of drug-likeness (QED) is 0.444. The fourth-order valence-electron chi connectivity index (χ4n) is 3.71. The van der Waals surface area contributed by atoms with Gasteiger partial charge in [-0.1, -0.05) is 12.1 Å². The molecule has 0 unspecified atom stereocenters. The third kappa shape index (κ3) is 5.56. The lowest BCUT2D eigenvalue weighted by Gasteiger charge is -2.34. The highest BCUT2D eigenvalue weighted by Crippen LogP contribution is 2.37. The number of hydrogen-bond acceptors (Lipinski definition) is 6. The van der Waals surface area contributed by atoms with Crippen LogP contribution in [-0.4, -0.2) is 55.0 Å². The molecular formula is C23H23ClF2N4O4S2. The van der Waals surface area contributed by atoms with E-state index in [0.29, 0.717) is 22.6 Å². The van der Waals surface area contributed by atoms with Gasteiger partial charge >= 0.3 is 0 Å². The van der Waals surface area contributed by atoms with Gasteiger partial charge in [-0.3, -0.25) is 4.72 Å². The maximum atomic E-state index is 13.7. The summed E-state index contributed by atoms with van der Waals surface area (Å²) < 4.78 is 82.5. The molecule has 1 heterocycles. The molecule has 0 aliphatic carbocycles. The molecule has 1 aliphatic rings. The Labute approximate surface area is 213 Å². The van der Waals surface area contributed by atoms with Crippen molar-refractivity contribution in [3.8, 4) is 0 Å². The number of nitrogens with one attached hydrogen (secondary N) is 1. The molecule has 0 radical (unpaired) electrons. The number of benzene rings is 3. The molecule has 4 rings (SSSR count). The Balaban J connectivity index is 1.78. The first kappa shape index (κ1) is 26.1. The summed E-state index contributed by atoms with van der Waals surface area (Å²) >= 11 is 6.26. The number of anilines is 3. The molecule has 0 bridgehead atoms. The maximum absolute atomic E-state index is 13.7. The van der Waals surface area contributed by atoms with Gasteiger partial charge in [-0.2, -0.15) is 12.2 Å². The highest BCUT2D eigenvalue weighted by atomic mass is 35.5. The number of sulfonamides is 2. The van der Waals surface area contributed by atoms with E-state index in [4.69, 9.17) is 11.8 Å². The summed E-state index contributed by atoms with van der Waals surface area (Å²) in [4.78, 5) is 3.39. The normalized spacial score (nSPS) is 15.1. The first-order valence-corrected chi connectivity index (χ1v) is 14.1. The zero-order valence-electron chi connectivity index (χ0n) is 19.1. The van der Waals surface area contributed by atoms with Crippen molar-refractivity contribution in [2.24, 2.45) is 0 Å². The van der Waals surface area contributed by atoms with Gasteiger partial charge in [-0.25, -0.2) is 17.2 Å². The van der Waals surface area contributed by atoms with Crippen LogP contribution in [0, 0.1) is 11.6 Å². The van der Waals surface area contributed by atoms with E-state index < -0.39 is 36.6 Å². The molecule has 8 nitrogen and oxygen atoms in total. The number of rotatable bonds is 7. The topological polar surface area (TPSA) is 90.0 Å². The average Bonchev–Trinajstić information content (AvgIpc) is 2.84. The number of hydrogen-bond donors (Lipinski definition) is 1. The minimum absolute atomic E-state index is 0.148. The van der Waals surface area contributed by atoms with E-state index in [1.807, 2.05) is 11.9 Å². The first-order valence-electron chi connectivity index (χ1n) is 10.8. The van der Waals surface area contributed by atoms with Crippen LogP contribution >= 0.6 is 11.8 Å². The van der Waals surface area contributed by atoms with Crippen LogP contribution in [0.1, 0.15) is 0 Å². The maximum Gasteiger partial charge on any atom is 0.278 e.